The van der Waals surface area contributed by atoms with E-state index in [0.717, 1.165) is 0 Å². The summed E-state index contributed by atoms with van der Waals surface area (Å²) in [6.45, 7) is 1.02. The maximum atomic E-state index is 12.0. The third kappa shape index (κ3) is 2.91. The molecule has 0 bridgehead atoms. The molecule has 0 aliphatic carbocycles. The number of hydrogen-bond acceptors (Lipinski definition) is 5. The van der Waals surface area contributed by atoms with Crippen molar-refractivity contribution in [1.29, 1.82) is 0 Å². The van der Waals surface area contributed by atoms with Crippen molar-refractivity contribution in [3.63, 3.8) is 0 Å². The average Bonchev–Trinajstić information content (AvgIpc) is 2.34. The zero-order valence-corrected chi connectivity index (χ0v) is 9.43. The third-order valence-electron chi connectivity index (χ3n) is 2.18. The summed E-state index contributed by atoms with van der Waals surface area (Å²) in [5.74, 6) is 5.17. The number of methoxy groups -OCH3 is 1. The number of hydrogen-bond donors (Lipinski definition) is 2. The molecule has 16 heavy (non-hydrogen) atoms. The van der Waals surface area contributed by atoms with Gasteiger partial charge >= 0.3 is 0 Å². The number of likely N-dealkylation sites (N-methyl/N-ethyl adjacent to an activating group) is 1. The summed E-state index contributed by atoms with van der Waals surface area (Å²) in [4.78, 5) is 17.4. The predicted octanol–water partition coefficient (Wildman–Crippen LogP) is 0.0856. The standard InChI is InChI=1S/C10H16N4O2/c1-14(5-6-16-2)10(15)8-7-12-4-3-9(8)13-11/h3-4,7H,5-6,11H2,1-2H3,(H,12,13). The fourth-order valence-corrected chi connectivity index (χ4v) is 1.23. The van der Waals surface area contributed by atoms with E-state index in [1.54, 1.807) is 31.3 Å². The lowest BCUT2D eigenvalue weighted by atomic mass is 10.2. The molecule has 0 atom stereocenters. The lowest BCUT2D eigenvalue weighted by molar-refractivity contribution is 0.0744. The molecule has 0 radical (unpaired) electrons. The summed E-state index contributed by atoms with van der Waals surface area (Å²) < 4.78 is 4.91. The Labute approximate surface area is 94.4 Å². The number of anilines is 1. The number of rotatable bonds is 5. The average molecular weight is 224 g/mol. The number of nitrogens with one attached hydrogen (secondary N) is 1. The number of carbonyl (C=O) groups excluding carboxylic acids is 1. The van der Waals surface area contributed by atoms with Gasteiger partial charge in [0.15, 0.2) is 0 Å². The molecule has 1 heterocycles. The van der Waals surface area contributed by atoms with Gasteiger partial charge in [-0.3, -0.25) is 15.6 Å². The number of carbonyl (C=O) groups is 1. The van der Waals surface area contributed by atoms with Gasteiger partial charge in [0.25, 0.3) is 5.91 Å². The molecule has 0 unspecified atom stereocenters. The Hall–Kier alpha value is -1.66. The van der Waals surface area contributed by atoms with Gasteiger partial charge in [-0.1, -0.05) is 0 Å². The topological polar surface area (TPSA) is 80.5 Å². The first-order valence-electron chi connectivity index (χ1n) is 4.85. The van der Waals surface area contributed by atoms with Crippen molar-refractivity contribution in [3.05, 3.63) is 24.0 Å². The van der Waals surface area contributed by atoms with Gasteiger partial charge in [-0.05, 0) is 6.07 Å². The van der Waals surface area contributed by atoms with Crippen LogP contribution in [0.2, 0.25) is 0 Å². The van der Waals surface area contributed by atoms with E-state index < -0.39 is 0 Å². The van der Waals surface area contributed by atoms with Crippen molar-refractivity contribution in [2.24, 2.45) is 5.84 Å². The van der Waals surface area contributed by atoms with Crippen LogP contribution in [0.1, 0.15) is 10.4 Å². The smallest absolute Gasteiger partial charge is 0.257 e. The van der Waals surface area contributed by atoms with Gasteiger partial charge in [-0.2, -0.15) is 0 Å². The van der Waals surface area contributed by atoms with E-state index in [4.69, 9.17) is 10.6 Å². The minimum absolute atomic E-state index is 0.141. The molecule has 0 saturated heterocycles. The van der Waals surface area contributed by atoms with Gasteiger partial charge in [0, 0.05) is 33.1 Å². The first-order chi connectivity index (χ1) is 7.70. The predicted molar refractivity (Wildman–Crippen MR) is 60.9 cm³/mol. The van der Waals surface area contributed by atoms with Crippen molar-refractivity contribution in [2.45, 2.75) is 0 Å². The number of nitrogens with two attached hydrogens (primary N) is 1. The summed E-state index contributed by atoms with van der Waals surface area (Å²) in [7, 11) is 3.30. The van der Waals surface area contributed by atoms with Crippen LogP contribution in [-0.4, -0.2) is 43.1 Å². The normalized spacial score (nSPS) is 9.94. The molecule has 0 fully saturated rings. The second kappa shape index (κ2) is 6.04. The number of pyridine rings is 1. The highest BCUT2D eigenvalue weighted by Gasteiger charge is 2.15. The molecule has 0 aromatic carbocycles. The van der Waals surface area contributed by atoms with E-state index in [9.17, 15) is 4.79 Å². The first-order valence-corrected chi connectivity index (χ1v) is 4.85. The Kier molecular flexibility index (Phi) is 4.68. The Balaban J connectivity index is 2.79. The molecule has 6 nitrogen and oxygen atoms in total. The second-order valence-electron chi connectivity index (χ2n) is 3.29. The van der Waals surface area contributed by atoms with Crippen LogP contribution in [0.5, 0.6) is 0 Å². The number of aromatic nitrogens is 1. The Morgan fingerprint density at radius 1 is 1.69 bits per heavy atom. The number of hydrazine groups is 1. The fourth-order valence-electron chi connectivity index (χ4n) is 1.23. The number of nitrogens with zero attached hydrogens (tertiary/aromatic N) is 2. The molecule has 3 N–H and O–H groups in total. The highest BCUT2D eigenvalue weighted by molar-refractivity contribution is 5.99. The van der Waals surface area contributed by atoms with Gasteiger partial charge in [0.2, 0.25) is 0 Å². The lowest BCUT2D eigenvalue weighted by Gasteiger charge is -2.17. The van der Waals surface area contributed by atoms with Gasteiger partial charge in [-0.15, -0.1) is 0 Å². The Morgan fingerprint density at radius 3 is 3.06 bits per heavy atom. The SMILES string of the molecule is COCCN(C)C(=O)c1cnccc1NN. The third-order valence-corrected chi connectivity index (χ3v) is 2.18. The molecule has 0 aliphatic rings. The van der Waals surface area contributed by atoms with Crippen LogP contribution >= 0.6 is 0 Å². The van der Waals surface area contributed by atoms with Gasteiger partial charge < -0.3 is 15.1 Å². The quantitative estimate of drug-likeness (QED) is 0.547. The van der Waals surface area contributed by atoms with Crippen LogP contribution in [-0.2, 0) is 4.74 Å². The Morgan fingerprint density at radius 2 is 2.44 bits per heavy atom. The summed E-state index contributed by atoms with van der Waals surface area (Å²) in [5, 5.41) is 0. The molecule has 1 amide bonds. The van der Waals surface area contributed by atoms with Gasteiger partial charge in [0.05, 0.1) is 17.9 Å². The largest absolute Gasteiger partial charge is 0.383 e. The summed E-state index contributed by atoms with van der Waals surface area (Å²) >= 11 is 0. The first kappa shape index (κ1) is 12.4. The van der Waals surface area contributed by atoms with Crippen molar-refractivity contribution in [3.8, 4) is 0 Å². The van der Waals surface area contributed by atoms with Crippen LogP contribution < -0.4 is 11.3 Å². The zero-order chi connectivity index (χ0) is 12.0. The van der Waals surface area contributed by atoms with Crippen LogP contribution in [0.4, 0.5) is 5.69 Å². The van der Waals surface area contributed by atoms with E-state index in [-0.39, 0.29) is 5.91 Å². The van der Waals surface area contributed by atoms with Crippen LogP contribution in [0.3, 0.4) is 0 Å². The van der Waals surface area contributed by atoms with Gasteiger partial charge in [-0.25, -0.2) is 0 Å². The van der Waals surface area contributed by atoms with Crippen molar-refractivity contribution in [1.82, 2.24) is 9.88 Å². The zero-order valence-electron chi connectivity index (χ0n) is 9.43. The molecular weight excluding hydrogens is 208 g/mol. The lowest BCUT2D eigenvalue weighted by Crippen LogP contribution is -2.31. The minimum atomic E-state index is -0.141. The molecule has 1 rings (SSSR count). The van der Waals surface area contributed by atoms with Crippen molar-refractivity contribution >= 4 is 11.6 Å². The van der Waals surface area contributed by atoms with Crippen LogP contribution in [0, 0.1) is 0 Å². The van der Waals surface area contributed by atoms with E-state index in [1.165, 1.54) is 6.20 Å². The van der Waals surface area contributed by atoms with Crippen LogP contribution in [0.25, 0.3) is 0 Å². The van der Waals surface area contributed by atoms with Crippen LogP contribution in [0.15, 0.2) is 18.5 Å². The monoisotopic (exact) mass is 224 g/mol. The highest BCUT2D eigenvalue weighted by atomic mass is 16.5. The molecule has 1 aromatic rings. The molecule has 0 saturated carbocycles. The highest BCUT2D eigenvalue weighted by Crippen LogP contribution is 2.13. The molecule has 88 valence electrons. The second-order valence-corrected chi connectivity index (χ2v) is 3.29. The molecule has 0 aliphatic heterocycles. The molecular formula is C10H16N4O2. The minimum Gasteiger partial charge on any atom is -0.383 e. The van der Waals surface area contributed by atoms with Crippen molar-refractivity contribution in [2.75, 3.05) is 32.7 Å². The molecule has 6 heteroatoms. The van der Waals surface area contributed by atoms with Crippen molar-refractivity contribution < 1.29 is 9.53 Å². The summed E-state index contributed by atoms with van der Waals surface area (Å²) in [6, 6.07) is 1.65. The summed E-state index contributed by atoms with van der Waals surface area (Å²) in [6.07, 6.45) is 3.06. The van der Waals surface area contributed by atoms with Gasteiger partial charge in [0.1, 0.15) is 0 Å². The molecule has 1 aromatic heterocycles. The van der Waals surface area contributed by atoms with E-state index in [1.807, 2.05) is 0 Å². The van der Waals surface area contributed by atoms with E-state index in [0.29, 0.717) is 24.4 Å². The maximum Gasteiger partial charge on any atom is 0.257 e. The Bertz CT molecular complexity index is 356. The molecule has 0 spiro atoms. The van der Waals surface area contributed by atoms with E-state index in [2.05, 4.69) is 10.4 Å². The number of nitrogen functional groups attached to an aromatic ring is 1. The summed E-state index contributed by atoms with van der Waals surface area (Å²) in [5.41, 5.74) is 3.48. The number of amides is 1. The fraction of sp³-hybridized carbons (Fsp3) is 0.400. The maximum absolute atomic E-state index is 12.0. The van der Waals surface area contributed by atoms with E-state index >= 15 is 0 Å². The number of ether oxygens (including phenoxy) is 1.